The van der Waals surface area contributed by atoms with Crippen molar-refractivity contribution in [2.24, 2.45) is 5.41 Å². The molecule has 3 aromatic carbocycles. The summed E-state index contributed by atoms with van der Waals surface area (Å²) in [4.78, 5) is 28.1. The predicted molar refractivity (Wildman–Crippen MR) is 152 cm³/mol. The number of carbonyl (C=O) groups excluding carboxylic acids is 2. The number of rotatable bonds is 6. The van der Waals surface area contributed by atoms with Crippen LogP contribution in [0.3, 0.4) is 0 Å². The second-order valence-electron chi connectivity index (χ2n) is 11.0. The Bertz CT molecular complexity index is 1540. The van der Waals surface area contributed by atoms with Gasteiger partial charge in [0, 0.05) is 35.0 Å². The molecule has 1 spiro atoms. The predicted octanol–water partition coefficient (Wildman–Crippen LogP) is 5.37. The number of benzene rings is 3. The Morgan fingerprint density at radius 1 is 1.18 bits per heavy atom. The van der Waals surface area contributed by atoms with E-state index in [1.165, 1.54) is 12.1 Å². The summed E-state index contributed by atoms with van der Waals surface area (Å²) in [6, 6.07) is 16.2. The lowest BCUT2D eigenvalue weighted by Crippen LogP contribution is -2.50. The lowest BCUT2D eigenvalue weighted by Gasteiger charge is -2.38. The number of anilines is 2. The van der Waals surface area contributed by atoms with Crippen LogP contribution in [0.5, 0.6) is 0 Å². The van der Waals surface area contributed by atoms with Crippen LogP contribution in [-0.2, 0) is 15.0 Å². The van der Waals surface area contributed by atoms with Crippen molar-refractivity contribution < 1.29 is 19.1 Å². The third kappa shape index (κ3) is 4.63. The van der Waals surface area contributed by atoms with Crippen molar-refractivity contribution in [2.45, 2.75) is 43.7 Å². The van der Waals surface area contributed by atoms with Crippen molar-refractivity contribution in [1.29, 1.82) is 5.26 Å². The maximum atomic E-state index is 15.8. The fourth-order valence-electron chi connectivity index (χ4n) is 6.01. The fourth-order valence-corrected chi connectivity index (χ4v) is 6.36. The number of amides is 2. The van der Waals surface area contributed by atoms with Gasteiger partial charge in [-0.15, -0.1) is 0 Å². The fraction of sp³-hybridized carbons (Fsp3) is 0.300. The highest BCUT2D eigenvalue weighted by molar-refractivity contribution is 6.31. The monoisotopic (exact) mass is 580 g/mol. The third-order valence-corrected chi connectivity index (χ3v) is 8.40. The highest BCUT2D eigenvalue weighted by Crippen LogP contribution is 2.57. The van der Waals surface area contributed by atoms with Gasteiger partial charge in [0.05, 0.1) is 22.7 Å². The Hall–Kier alpha value is -3.48. The SMILES string of the molecule is CC(C)(CO)C[C@@H]1N[C@@H](C(=O)Nc2ccc(C#N)cc2)[C@H](c2cccc(Cl)c2F)[C@]12C(=O)Nc1cc(Cl)ccc12. The highest BCUT2D eigenvalue weighted by atomic mass is 35.5. The van der Waals surface area contributed by atoms with Crippen molar-refractivity contribution in [3.8, 4) is 6.07 Å². The number of aliphatic hydroxyl groups is 1. The van der Waals surface area contributed by atoms with Gasteiger partial charge in [0.1, 0.15) is 11.2 Å². The van der Waals surface area contributed by atoms with Crippen molar-refractivity contribution >= 4 is 46.4 Å². The van der Waals surface area contributed by atoms with E-state index in [4.69, 9.17) is 28.5 Å². The Labute approximate surface area is 241 Å². The molecule has 0 radical (unpaired) electrons. The molecule has 1 fully saturated rings. The number of hydrogen-bond donors (Lipinski definition) is 4. The summed E-state index contributed by atoms with van der Waals surface area (Å²) in [5, 5.41) is 28.7. The van der Waals surface area contributed by atoms with Gasteiger partial charge in [-0.1, -0.05) is 55.2 Å². The van der Waals surface area contributed by atoms with E-state index in [9.17, 15) is 14.7 Å². The second kappa shape index (κ2) is 10.5. The number of nitrogens with zero attached hydrogens (tertiary/aromatic N) is 1. The molecule has 0 bridgehead atoms. The van der Waals surface area contributed by atoms with Crippen LogP contribution in [0.4, 0.5) is 15.8 Å². The molecule has 4 N–H and O–H groups in total. The zero-order valence-electron chi connectivity index (χ0n) is 21.8. The van der Waals surface area contributed by atoms with Crippen LogP contribution in [-0.4, -0.2) is 35.6 Å². The number of nitrogens with one attached hydrogen (secondary N) is 3. The summed E-state index contributed by atoms with van der Waals surface area (Å²) in [5.74, 6) is -2.64. The molecule has 0 saturated carbocycles. The first kappa shape index (κ1) is 28.1. The van der Waals surface area contributed by atoms with Crippen LogP contribution in [0.1, 0.15) is 42.9 Å². The van der Waals surface area contributed by atoms with E-state index >= 15 is 4.39 Å². The second-order valence-corrected chi connectivity index (χ2v) is 11.9. The zero-order chi connectivity index (χ0) is 28.8. The molecule has 0 aliphatic carbocycles. The average molecular weight is 581 g/mol. The van der Waals surface area contributed by atoms with E-state index in [1.807, 2.05) is 19.9 Å². The molecule has 2 heterocycles. The maximum absolute atomic E-state index is 15.8. The normalized spacial score (nSPS) is 23.5. The number of halogens is 3. The van der Waals surface area contributed by atoms with Crippen molar-refractivity contribution in [3.63, 3.8) is 0 Å². The number of hydrogen-bond acceptors (Lipinski definition) is 5. The Kier molecular flexibility index (Phi) is 7.36. The van der Waals surface area contributed by atoms with Crippen LogP contribution in [0, 0.1) is 22.6 Å². The smallest absolute Gasteiger partial charge is 0.242 e. The summed E-state index contributed by atoms with van der Waals surface area (Å²) < 4.78 is 15.8. The van der Waals surface area contributed by atoms with Crippen molar-refractivity contribution in [1.82, 2.24) is 5.32 Å². The quantitative estimate of drug-likeness (QED) is 0.313. The van der Waals surface area contributed by atoms with Gasteiger partial charge in [0.25, 0.3) is 0 Å². The molecular weight excluding hydrogens is 554 g/mol. The van der Waals surface area contributed by atoms with Crippen LogP contribution in [0.25, 0.3) is 0 Å². The van der Waals surface area contributed by atoms with Gasteiger partial charge in [-0.2, -0.15) is 5.26 Å². The molecule has 2 aliphatic rings. The summed E-state index contributed by atoms with van der Waals surface area (Å²) in [6.45, 7) is 3.54. The van der Waals surface area contributed by atoms with Gasteiger partial charge in [-0.25, -0.2) is 4.39 Å². The molecule has 4 atom stereocenters. The van der Waals surface area contributed by atoms with Crippen LogP contribution in [0.15, 0.2) is 60.7 Å². The zero-order valence-corrected chi connectivity index (χ0v) is 23.3. The van der Waals surface area contributed by atoms with Crippen LogP contribution >= 0.6 is 23.2 Å². The molecule has 3 aromatic rings. The lowest BCUT2D eigenvalue weighted by atomic mass is 9.62. The average Bonchev–Trinajstić information content (AvgIpc) is 3.40. The molecule has 0 unspecified atom stereocenters. The molecule has 10 heteroatoms. The van der Waals surface area contributed by atoms with E-state index in [2.05, 4.69) is 16.0 Å². The Balaban J connectivity index is 1.71. The number of fused-ring (bicyclic) bond motifs is 2. The molecule has 2 amide bonds. The molecule has 206 valence electrons. The van der Waals surface area contributed by atoms with Gasteiger partial charge in [-0.3, -0.25) is 9.59 Å². The Morgan fingerprint density at radius 2 is 1.90 bits per heavy atom. The topological polar surface area (TPSA) is 114 Å². The van der Waals surface area contributed by atoms with Crippen molar-refractivity contribution in [2.75, 3.05) is 17.2 Å². The van der Waals surface area contributed by atoms with Gasteiger partial charge < -0.3 is 21.1 Å². The van der Waals surface area contributed by atoms with E-state index in [1.54, 1.807) is 48.5 Å². The van der Waals surface area contributed by atoms with Gasteiger partial charge in [-0.05, 0) is 65.4 Å². The van der Waals surface area contributed by atoms with E-state index in [0.717, 1.165) is 0 Å². The highest BCUT2D eigenvalue weighted by Gasteiger charge is 2.66. The summed E-state index contributed by atoms with van der Waals surface area (Å²) in [6.07, 6.45) is 0.290. The first-order valence-corrected chi connectivity index (χ1v) is 13.5. The molecule has 2 aliphatic heterocycles. The van der Waals surface area contributed by atoms with Crippen LogP contribution in [0.2, 0.25) is 10.0 Å². The van der Waals surface area contributed by atoms with Gasteiger partial charge in [0.2, 0.25) is 11.8 Å². The number of nitriles is 1. The minimum absolute atomic E-state index is 0.113. The van der Waals surface area contributed by atoms with Gasteiger partial charge in [0.15, 0.2) is 0 Å². The summed E-state index contributed by atoms with van der Waals surface area (Å²) in [5.41, 5.74) is -0.0490. The largest absolute Gasteiger partial charge is 0.396 e. The molecule has 0 aromatic heterocycles. The van der Waals surface area contributed by atoms with E-state index in [-0.39, 0.29) is 23.6 Å². The molecule has 7 nitrogen and oxygen atoms in total. The first-order chi connectivity index (χ1) is 19.0. The van der Waals surface area contributed by atoms with E-state index in [0.29, 0.717) is 27.5 Å². The lowest BCUT2D eigenvalue weighted by molar-refractivity contribution is -0.122. The standard InChI is InChI=1S/C30H27Cl2FN4O3/c1-29(2,15-38)13-23-30(20-11-8-17(31)12-22(20)36-28(30)40)24(19-4-3-5-21(32)25(19)33)26(37-23)27(39)35-18-9-6-16(14-34)7-10-18/h3-12,23-24,26,37-38H,13,15H2,1-2H3,(H,35,39)(H,36,40)/t23-,24-,26+,30+/m0/s1. The Morgan fingerprint density at radius 3 is 2.58 bits per heavy atom. The first-order valence-electron chi connectivity index (χ1n) is 12.7. The van der Waals surface area contributed by atoms with Gasteiger partial charge >= 0.3 is 0 Å². The summed E-state index contributed by atoms with van der Waals surface area (Å²) >= 11 is 12.5. The number of carbonyl (C=O) groups is 2. The van der Waals surface area contributed by atoms with Crippen LogP contribution < -0.4 is 16.0 Å². The third-order valence-electron chi connectivity index (χ3n) is 7.87. The number of aliphatic hydroxyl groups excluding tert-OH is 1. The molecule has 40 heavy (non-hydrogen) atoms. The summed E-state index contributed by atoms with van der Waals surface area (Å²) in [7, 11) is 0. The molecule has 5 rings (SSSR count). The molecular formula is C30H27Cl2FN4O3. The van der Waals surface area contributed by atoms with E-state index < -0.39 is 46.5 Å². The molecule has 1 saturated heterocycles. The minimum atomic E-state index is -1.44. The minimum Gasteiger partial charge on any atom is -0.396 e. The van der Waals surface area contributed by atoms with Crippen molar-refractivity contribution in [3.05, 3.63) is 93.2 Å². The maximum Gasteiger partial charge on any atom is 0.242 e.